The largest absolute Gasteiger partial charge is 0.352 e. The maximum atomic E-state index is 14.0. The summed E-state index contributed by atoms with van der Waals surface area (Å²) < 4.78 is 27.0. The average molecular weight is 576 g/mol. The maximum absolute atomic E-state index is 14.0. The van der Waals surface area contributed by atoms with Gasteiger partial charge >= 0.3 is 0 Å². The molecule has 42 heavy (non-hydrogen) atoms. The van der Waals surface area contributed by atoms with Crippen molar-refractivity contribution in [2.45, 2.75) is 32.8 Å². The maximum Gasteiger partial charge on any atom is 0.251 e. The third kappa shape index (κ3) is 7.09. The first kappa shape index (κ1) is 30.6. The van der Waals surface area contributed by atoms with E-state index in [0.717, 1.165) is 23.3 Å². The van der Waals surface area contributed by atoms with E-state index >= 15 is 0 Å². The zero-order chi connectivity index (χ0) is 30.1. The highest BCUT2D eigenvalue weighted by Crippen LogP contribution is 2.46. The van der Waals surface area contributed by atoms with Gasteiger partial charge in [-0.2, -0.15) is 0 Å². The standard InChI is InChI=1S/C33H35F2N3O4/c1-23(2)33(17-20-38(32(33)41)19-16-24-9-5-3-6-10-24)27(31(40)37-42-22-25-11-7-4-8-12-25)15-18-36-30(39)26-13-14-28(34)29(35)21-26/h3-14,21,27H,1,15-20,22H2,2H3,(H,36,39)(H,37,40). The molecule has 0 radical (unpaired) electrons. The second kappa shape index (κ2) is 14.0. The first-order chi connectivity index (χ1) is 20.2. The number of rotatable bonds is 13. The van der Waals surface area contributed by atoms with Crippen molar-refractivity contribution in [2.75, 3.05) is 19.6 Å². The molecule has 0 aromatic heterocycles. The number of nitrogens with zero attached hydrogens (tertiary/aromatic N) is 1. The molecule has 3 aromatic carbocycles. The van der Waals surface area contributed by atoms with Gasteiger partial charge in [0.25, 0.3) is 5.91 Å². The lowest BCUT2D eigenvalue weighted by atomic mass is 9.67. The van der Waals surface area contributed by atoms with Gasteiger partial charge < -0.3 is 10.2 Å². The number of hydroxylamine groups is 1. The van der Waals surface area contributed by atoms with E-state index in [2.05, 4.69) is 17.4 Å². The number of carbonyl (C=O) groups is 3. The van der Waals surface area contributed by atoms with Crippen LogP contribution < -0.4 is 10.8 Å². The molecule has 2 unspecified atom stereocenters. The minimum Gasteiger partial charge on any atom is -0.352 e. The molecule has 3 amide bonds. The molecule has 3 aromatic rings. The van der Waals surface area contributed by atoms with Gasteiger partial charge in [-0.05, 0) is 55.5 Å². The first-order valence-electron chi connectivity index (χ1n) is 13.9. The fraction of sp³-hybridized carbons (Fsp3) is 0.303. The topological polar surface area (TPSA) is 87.7 Å². The van der Waals surface area contributed by atoms with E-state index in [1.807, 2.05) is 60.7 Å². The van der Waals surface area contributed by atoms with Crippen LogP contribution in [0.3, 0.4) is 0 Å². The Morgan fingerprint density at radius 2 is 1.67 bits per heavy atom. The molecule has 9 heteroatoms. The van der Waals surface area contributed by atoms with E-state index in [1.165, 1.54) is 6.07 Å². The van der Waals surface area contributed by atoms with Crippen molar-refractivity contribution in [3.63, 3.8) is 0 Å². The molecule has 4 rings (SSSR count). The van der Waals surface area contributed by atoms with Crippen LogP contribution in [0.25, 0.3) is 0 Å². The van der Waals surface area contributed by atoms with Gasteiger partial charge in [-0.25, -0.2) is 14.3 Å². The highest BCUT2D eigenvalue weighted by Gasteiger charge is 2.54. The van der Waals surface area contributed by atoms with Crippen molar-refractivity contribution in [3.8, 4) is 0 Å². The lowest BCUT2D eigenvalue weighted by molar-refractivity contribution is -0.149. The fourth-order valence-electron chi connectivity index (χ4n) is 5.45. The van der Waals surface area contributed by atoms with Crippen LogP contribution in [0.15, 0.2) is 91.0 Å². The smallest absolute Gasteiger partial charge is 0.251 e. The predicted octanol–water partition coefficient (Wildman–Crippen LogP) is 4.99. The lowest BCUT2D eigenvalue weighted by Crippen LogP contribution is -2.48. The minimum absolute atomic E-state index is 0.000919. The van der Waals surface area contributed by atoms with Crippen molar-refractivity contribution in [1.29, 1.82) is 0 Å². The summed E-state index contributed by atoms with van der Waals surface area (Å²) in [5.41, 5.74) is 3.75. The molecular formula is C33H35F2N3O4. The summed E-state index contributed by atoms with van der Waals surface area (Å²) in [5.74, 6) is -4.43. The molecule has 220 valence electrons. The van der Waals surface area contributed by atoms with Crippen molar-refractivity contribution < 1.29 is 28.0 Å². The number of amides is 3. The number of hydrogen-bond acceptors (Lipinski definition) is 4. The Morgan fingerprint density at radius 3 is 2.31 bits per heavy atom. The van der Waals surface area contributed by atoms with Crippen LogP contribution >= 0.6 is 0 Å². The van der Waals surface area contributed by atoms with Gasteiger partial charge in [0.15, 0.2) is 11.6 Å². The van der Waals surface area contributed by atoms with Crippen LogP contribution in [0.1, 0.15) is 41.3 Å². The van der Waals surface area contributed by atoms with E-state index in [9.17, 15) is 23.2 Å². The number of nitrogens with one attached hydrogen (secondary N) is 2. The molecule has 2 N–H and O–H groups in total. The number of hydrogen-bond donors (Lipinski definition) is 2. The Bertz CT molecular complexity index is 1420. The number of likely N-dealkylation sites (tertiary alicyclic amines) is 1. The molecule has 0 saturated carbocycles. The highest BCUT2D eigenvalue weighted by molar-refractivity contribution is 5.95. The van der Waals surface area contributed by atoms with E-state index in [0.29, 0.717) is 31.5 Å². The highest BCUT2D eigenvalue weighted by atomic mass is 19.2. The first-order valence-corrected chi connectivity index (χ1v) is 13.9. The molecule has 2 atom stereocenters. The molecule has 0 bridgehead atoms. The quantitative estimate of drug-likeness (QED) is 0.222. The van der Waals surface area contributed by atoms with Gasteiger partial charge in [0.05, 0.1) is 17.9 Å². The van der Waals surface area contributed by atoms with Crippen LogP contribution in [0.4, 0.5) is 8.78 Å². The Labute approximate surface area is 244 Å². The molecule has 1 saturated heterocycles. The van der Waals surface area contributed by atoms with Gasteiger partial charge in [-0.15, -0.1) is 0 Å². The normalized spacial score (nSPS) is 17.1. The van der Waals surface area contributed by atoms with Crippen LogP contribution in [-0.2, 0) is 27.5 Å². The molecular weight excluding hydrogens is 540 g/mol. The summed E-state index contributed by atoms with van der Waals surface area (Å²) in [7, 11) is 0. The van der Waals surface area contributed by atoms with E-state index in [4.69, 9.17) is 4.84 Å². The zero-order valence-corrected chi connectivity index (χ0v) is 23.6. The monoisotopic (exact) mass is 575 g/mol. The summed E-state index contributed by atoms with van der Waals surface area (Å²) in [6.07, 6.45) is 1.13. The molecule has 0 spiro atoms. The predicted molar refractivity (Wildman–Crippen MR) is 155 cm³/mol. The van der Waals surface area contributed by atoms with Gasteiger partial charge in [-0.3, -0.25) is 19.2 Å². The summed E-state index contributed by atoms with van der Waals surface area (Å²) in [6, 6.07) is 22.0. The third-order valence-corrected chi connectivity index (χ3v) is 7.79. The van der Waals surface area contributed by atoms with Crippen molar-refractivity contribution in [1.82, 2.24) is 15.7 Å². The Hall–Kier alpha value is -4.37. The third-order valence-electron chi connectivity index (χ3n) is 7.79. The second-order valence-corrected chi connectivity index (χ2v) is 10.5. The second-order valence-electron chi connectivity index (χ2n) is 10.5. The van der Waals surface area contributed by atoms with Gasteiger partial charge in [0.1, 0.15) is 0 Å². The summed E-state index contributed by atoms with van der Waals surface area (Å²) in [6.45, 7) is 6.93. The SMILES string of the molecule is C=C(C)C1(C(CCNC(=O)c2ccc(F)c(F)c2)C(=O)NOCc2ccccc2)CCN(CCc2ccccc2)C1=O. The fourth-order valence-corrected chi connectivity index (χ4v) is 5.45. The summed E-state index contributed by atoms with van der Waals surface area (Å²) >= 11 is 0. The lowest BCUT2D eigenvalue weighted by Gasteiger charge is -2.36. The Morgan fingerprint density at radius 1 is 1.00 bits per heavy atom. The van der Waals surface area contributed by atoms with E-state index < -0.39 is 34.8 Å². The summed E-state index contributed by atoms with van der Waals surface area (Å²) in [5, 5.41) is 2.66. The molecule has 1 heterocycles. The van der Waals surface area contributed by atoms with Crippen LogP contribution in [0.2, 0.25) is 0 Å². The van der Waals surface area contributed by atoms with Crippen LogP contribution in [0, 0.1) is 23.0 Å². The van der Waals surface area contributed by atoms with Gasteiger partial charge in [-0.1, -0.05) is 72.8 Å². The molecule has 1 aliphatic rings. The molecule has 1 fully saturated rings. The average Bonchev–Trinajstić information content (AvgIpc) is 3.33. The summed E-state index contributed by atoms with van der Waals surface area (Å²) in [4.78, 5) is 47.6. The van der Waals surface area contributed by atoms with Gasteiger partial charge in [0.2, 0.25) is 11.8 Å². The van der Waals surface area contributed by atoms with Crippen molar-refractivity contribution in [2.24, 2.45) is 11.3 Å². The Balaban J connectivity index is 1.50. The zero-order valence-electron chi connectivity index (χ0n) is 23.6. The van der Waals surface area contributed by atoms with Crippen LogP contribution in [0.5, 0.6) is 0 Å². The minimum atomic E-state index is -1.20. The van der Waals surface area contributed by atoms with Crippen LogP contribution in [-0.4, -0.2) is 42.3 Å². The molecule has 7 nitrogen and oxygen atoms in total. The van der Waals surface area contributed by atoms with Crippen molar-refractivity contribution in [3.05, 3.63) is 119 Å². The van der Waals surface area contributed by atoms with Crippen molar-refractivity contribution >= 4 is 17.7 Å². The number of benzene rings is 3. The number of halogens is 2. The van der Waals surface area contributed by atoms with E-state index in [1.54, 1.807) is 11.8 Å². The number of carbonyl (C=O) groups excluding carboxylic acids is 3. The molecule has 0 aliphatic carbocycles. The van der Waals surface area contributed by atoms with Gasteiger partial charge in [0, 0.05) is 25.2 Å². The van der Waals surface area contributed by atoms with E-state index in [-0.39, 0.29) is 31.0 Å². The Kier molecular flexibility index (Phi) is 10.2. The molecule has 1 aliphatic heterocycles.